The highest BCUT2D eigenvalue weighted by molar-refractivity contribution is 7.13. The molecule has 1 unspecified atom stereocenters. The summed E-state index contributed by atoms with van der Waals surface area (Å²) in [5, 5.41) is 4.76. The van der Waals surface area contributed by atoms with Gasteiger partial charge in [-0.15, -0.1) is 22.7 Å². The van der Waals surface area contributed by atoms with Gasteiger partial charge in [0.1, 0.15) is 10.7 Å². The van der Waals surface area contributed by atoms with Crippen molar-refractivity contribution in [2.45, 2.75) is 12.3 Å². The predicted molar refractivity (Wildman–Crippen MR) is 115 cm³/mol. The molecular weight excluding hydrogens is 402 g/mol. The van der Waals surface area contributed by atoms with Crippen molar-refractivity contribution in [2.75, 3.05) is 26.2 Å². The fourth-order valence-electron chi connectivity index (χ4n) is 3.90. The van der Waals surface area contributed by atoms with Gasteiger partial charge in [0, 0.05) is 53.8 Å². The molecule has 29 heavy (non-hydrogen) atoms. The molecule has 2 fully saturated rings. The Hall–Kier alpha value is -2.51. The van der Waals surface area contributed by atoms with Crippen LogP contribution in [0.4, 0.5) is 0 Å². The number of benzene rings is 1. The zero-order valence-corrected chi connectivity index (χ0v) is 17.5. The molecule has 5 rings (SSSR count). The Labute approximate surface area is 177 Å². The zero-order valence-electron chi connectivity index (χ0n) is 15.9. The summed E-state index contributed by atoms with van der Waals surface area (Å²) in [6, 6.07) is 14.1. The molecule has 148 valence electrons. The topological polar surface area (TPSA) is 53.5 Å². The van der Waals surface area contributed by atoms with Crippen molar-refractivity contribution in [3.63, 3.8) is 0 Å². The maximum atomic E-state index is 12.8. The second kappa shape index (κ2) is 7.72. The largest absolute Gasteiger partial charge is 0.339 e. The van der Waals surface area contributed by atoms with Crippen molar-refractivity contribution in [1.82, 2.24) is 14.8 Å². The van der Waals surface area contributed by atoms with Crippen LogP contribution in [0.1, 0.15) is 27.7 Å². The van der Waals surface area contributed by atoms with Crippen LogP contribution in [0.3, 0.4) is 0 Å². The van der Waals surface area contributed by atoms with Crippen molar-refractivity contribution in [1.29, 1.82) is 0 Å². The van der Waals surface area contributed by atoms with Gasteiger partial charge < -0.3 is 9.80 Å². The van der Waals surface area contributed by atoms with E-state index in [0.29, 0.717) is 37.8 Å². The second-order valence-corrected chi connectivity index (χ2v) is 9.32. The summed E-state index contributed by atoms with van der Waals surface area (Å²) in [4.78, 5) is 35.2. The number of piperazine rings is 1. The molecule has 2 aliphatic rings. The molecule has 0 spiro atoms. The molecule has 1 aliphatic heterocycles. The standard InChI is InChI=1S/C22H21N3O2S2/c26-21(17-13-16(17)19-7-4-12-28-19)24-8-10-25(11-9-24)22(27)18-14-29-20(23-18)15-5-2-1-3-6-15/h1-7,12,14,16-17H,8-11,13H2/t16?,17-/m1/s1. The van der Waals surface area contributed by atoms with Crippen LogP contribution in [-0.2, 0) is 4.79 Å². The Bertz CT molecular complexity index is 1010. The normalized spacial score (nSPS) is 21.2. The SMILES string of the molecule is O=C(c1csc(-c2ccccc2)n1)N1CCN(C(=O)[C@@H]2CC2c2cccs2)CC1. The van der Waals surface area contributed by atoms with Gasteiger partial charge in [-0.05, 0) is 17.9 Å². The number of hydrogen-bond acceptors (Lipinski definition) is 5. The molecule has 7 heteroatoms. The molecule has 2 atom stereocenters. The lowest BCUT2D eigenvalue weighted by Gasteiger charge is -2.34. The summed E-state index contributed by atoms with van der Waals surface area (Å²) < 4.78 is 0. The number of hydrogen-bond donors (Lipinski definition) is 0. The lowest BCUT2D eigenvalue weighted by atomic mass is 10.2. The van der Waals surface area contributed by atoms with Crippen LogP contribution in [0.2, 0.25) is 0 Å². The summed E-state index contributed by atoms with van der Waals surface area (Å²) in [5.41, 5.74) is 1.52. The van der Waals surface area contributed by atoms with Gasteiger partial charge in [-0.1, -0.05) is 36.4 Å². The van der Waals surface area contributed by atoms with Crippen molar-refractivity contribution in [3.8, 4) is 10.6 Å². The van der Waals surface area contributed by atoms with E-state index < -0.39 is 0 Å². The van der Waals surface area contributed by atoms with E-state index in [0.717, 1.165) is 17.0 Å². The summed E-state index contributed by atoms with van der Waals surface area (Å²) in [7, 11) is 0. The number of amides is 2. The average Bonchev–Trinajstić information content (AvgIpc) is 3.17. The lowest BCUT2D eigenvalue weighted by Crippen LogP contribution is -2.51. The monoisotopic (exact) mass is 423 g/mol. The van der Waals surface area contributed by atoms with Gasteiger partial charge >= 0.3 is 0 Å². The van der Waals surface area contributed by atoms with Gasteiger partial charge in [-0.3, -0.25) is 9.59 Å². The van der Waals surface area contributed by atoms with Gasteiger partial charge in [0.05, 0.1) is 0 Å². The predicted octanol–water partition coefficient (Wildman–Crippen LogP) is 3.96. The van der Waals surface area contributed by atoms with E-state index in [1.54, 1.807) is 11.3 Å². The van der Waals surface area contributed by atoms with E-state index in [9.17, 15) is 9.59 Å². The van der Waals surface area contributed by atoms with Crippen LogP contribution >= 0.6 is 22.7 Å². The number of carbonyl (C=O) groups excluding carboxylic acids is 2. The molecule has 5 nitrogen and oxygen atoms in total. The molecule has 0 N–H and O–H groups in total. The quantitative estimate of drug-likeness (QED) is 0.638. The van der Waals surface area contributed by atoms with Gasteiger partial charge in [0.25, 0.3) is 5.91 Å². The Morgan fingerprint density at radius 3 is 2.41 bits per heavy atom. The van der Waals surface area contributed by atoms with Gasteiger partial charge in [-0.25, -0.2) is 4.98 Å². The molecule has 3 aromatic rings. The summed E-state index contributed by atoms with van der Waals surface area (Å²) >= 11 is 3.22. The molecule has 2 amide bonds. The Balaban J connectivity index is 1.17. The first-order chi connectivity index (χ1) is 14.2. The second-order valence-electron chi connectivity index (χ2n) is 7.49. The fraction of sp³-hybridized carbons (Fsp3) is 0.318. The third-order valence-corrected chi connectivity index (χ3v) is 7.53. The van der Waals surface area contributed by atoms with E-state index in [-0.39, 0.29) is 17.7 Å². The molecule has 1 saturated carbocycles. The van der Waals surface area contributed by atoms with Gasteiger partial charge in [0.2, 0.25) is 5.91 Å². The molecule has 0 bridgehead atoms. The lowest BCUT2D eigenvalue weighted by molar-refractivity contribution is -0.134. The molecule has 1 aliphatic carbocycles. The highest BCUT2D eigenvalue weighted by Crippen LogP contribution is 2.50. The molecule has 3 heterocycles. The highest BCUT2D eigenvalue weighted by atomic mass is 32.1. The van der Waals surface area contributed by atoms with Crippen LogP contribution in [0.5, 0.6) is 0 Å². The molecular formula is C22H21N3O2S2. The Morgan fingerprint density at radius 1 is 0.931 bits per heavy atom. The van der Waals surface area contributed by atoms with E-state index in [2.05, 4.69) is 16.4 Å². The minimum absolute atomic E-state index is 0.0431. The number of nitrogens with zero attached hydrogens (tertiary/aromatic N) is 3. The zero-order chi connectivity index (χ0) is 19.8. The minimum atomic E-state index is -0.0431. The van der Waals surface area contributed by atoms with Gasteiger partial charge in [-0.2, -0.15) is 0 Å². The molecule has 0 radical (unpaired) electrons. The maximum absolute atomic E-state index is 12.8. The van der Waals surface area contributed by atoms with Crippen molar-refractivity contribution >= 4 is 34.5 Å². The van der Waals surface area contributed by atoms with Crippen molar-refractivity contribution < 1.29 is 9.59 Å². The molecule has 1 saturated heterocycles. The number of thiophene rings is 1. The average molecular weight is 424 g/mol. The number of carbonyl (C=O) groups is 2. The number of rotatable bonds is 4. The van der Waals surface area contributed by atoms with Crippen LogP contribution in [0, 0.1) is 5.92 Å². The highest BCUT2D eigenvalue weighted by Gasteiger charge is 2.46. The Kier molecular flexibility index (Phi) is 4.93. The third-order valence-electron chi connectivity index (χ3n) is 5.64. The van der Waals surface area contributed by atoms with Crippen molar-refractivity contribution in [3.05, 3.63) is 63.8 Å². The molecule has 2 aromatic heterocycles. The van der Waals surface area contributed by atoms with Crippen LogP contribution in [0.15, 0.2) is 53.2 Å². The summed E-state index contributed by atoms with van der Waals surface area (Å²) in [5.74, 6) is 0.727. The van der Waals surface area contributed by atoms with Crippen LogP contribution < -0.4 is 0 Å². The van der Waals surface area contributed by atoms with Crippen LogP contribution in [-0.4, -0.2) is 52.8 Å². The third kappa shape index (κ3) is 3.72. The molecule has 1 aromatic carbocycles. The van der Waals surface area contributed by atoms with Gasteiger partial charge in [0.15, 0.2) is 0 Å². The van der Waals surface area contributed by atoms with Crippen LogP contribution in [0.25, 0.3) is 10.6 Å². The first-order valence-electron chi connectivity index (χ1n) is 9.83. The minimum Gasteiger partial charge on any atom is -0.339 e. The summed E-state index contributed by atoms with van der Waals surface area (Å²) in [6.45, 7) is 2.35. The number of aromatic nitrogens is 1. The first kappa shape index (κ1) is 18.5. The van der Waals surface area contributed by atoms with E-state index in [1.165, 1.54) is 16.2 Å². The maximum Gasteiger partial charge on any atom is 0.273 e. The Morgan fingerprint density at radius 2 is 1.69 bits per heavy atom. The van der Waals surface area contributed by atoms with E-state index in [1.807, 2.05) is 51.6 Å². The fourth-order valence-corrected chi connectivity index (χ4v) is 5.60. The smallest absolute Gasteiger partial charge is 0.273 e. The van der Waals surface area contributed by atoms with Crippen molar-refractivity contribution in [2.24, 2.45) is 5.92 Å². The summed E-state index contributed by atoms with van der Waals surface area (Å²) in [6.07, 6.45) is 0.958. The number of thiazole rings is 1. The van der Waals surface area contributed by atoms with E-state index in [4.69, 9.17) is 0 Å². The van der Waals surface area contributed by atoms with E-state index >= 15 is 0 Å². The first-order valence-corrected chi connectivity index (χ1v) is 11.6.